The molecule has 0 atom stereocenters. The minimum Gasteiger partial charge on any atom is -0.475 e. The van der Waals surface area contributed by atoms with E-state index in [0.717, 1.165) is 36.9 Å². The Labute approximate surface area is 160 Å². The minimum absolute atomic E-state index is 0.502. The van der Waals surface area contributed by atoms with Gasteiger partial charge >= 0.3 is 0 Å². The fourth-order valence-electron chi connectivity index (χ4n) is 2.80. The summed E-state index contributed by atoms with van der Waals surface area (Å²) < 4.78 is 10.8. The number of nitrogens with zero attached hydrogens (tertiary/aromatic N) is 5. The highest BCUT2D eigenvalue weighted by Crippen LogP contribution is 2.20. The van der Waals surface area contributed by atoms with Gasteiger partial charge in [0.15, 0.2) is 11.7 Å². The highest BCUT2D eigenvalue weighted by molar-refractivity contribution is 6.16. The average Bonchev–Trinajstić information content (AvgIpc) is 3.12. The molecule has 0 amide bonds. The highest BCUT2D eigenvalue weighted by Gasteiger charge is 2.26. The molecule has 0 fully saturated rings. The van der Waals surface area contributed by atoms with E-state index in [4.69, 9.17) is 9.47 Å². The predicted molar refractivity (Wildman–Crippen MR) is 108 cm³/mol. The van der Waals surface area contributed by atoms with Gasteiger partial charge in [0.1, 0.15) is 12.3 Å². The number of rotatable bonds is 9. The van der Waals surface area contributed by atoms with Crippen LogP contribution in [0.1, 0.15) is 26.3 Å². The third-order valence-electron chi connectivity index (χ3n) is 4.30. The molecule has 1 aromatic rings. The summed E-state index contributed by atoms with van der Waals surface area (Å²) in [6.07, 6.45) is 7.75. The number of fused-ring (bicyclic) bond motifs is 1. The first kappa shape index (κ1) is 19.1. The SMILES string of the molecule is CCOCCOc1ccc(C=CC2=NC3=CN(CC)CN(CC)C3=N2)cn1. The second-order valence-electron chi connectivity index (χ2n) is 6.13. The van der Waals surface area contributed by atoms with Crippen molar-refractivity contribution in [3.63, 3.8) is 0 Å². The Balaban J connectivity index is 1.62. The van der Waals surface area contributed by atoms with Crippen molar-refractivity contribution >= 4 is 17.7 Å². The highest BCUT2D eigenvalue weighted by atomic mass is 16.5. The number of hydrogen-bond donors (Lipinski definition) is 0. The molecule has 144 valence electrons. The Hall–Kier alpha value is -2.67. The lowest BCUT2D eigenvalue weighted by Gasteiger charge is -2.33. The number of amidine groups is 2. The summed E-state index contributed by atoms with van der Waals surface area (Å²) in [6, 6.07) is 3.82. The maximum atomic E-state index is 5.53. The number of aromatic nitrogens is 1. The summed E-state index contributed by atoms with van der Waals surface area (Å²) in [5.41, 5.74) is 1.90. The van der Waals surface area contributed by atoms with E-state index in [-0.39, 0.29) is 0 Å². The molecule has 0 radical (unpaired) electrons. The van der Waals surface area contributed by atoms with Gasteiger partial charge in [0.05, 0.1) is 13.3 Å². The van der Waals surface area contributed by atoms with E-state index in [2.05, 4.69) is 44.8 Å². The van der Waals surface area contributed by atoms with E-state index in [0.29, 0.717) is 31.5 Å². The van der Waals surface area contributed by atoms with Crippen molar-refractivity contribution in [1.82, 2.24) is 14.8 Å². The van der Waals surface area contributed by atoms with Crippen LogP contribution in [0.2, 0.25) is 0 Å². The summed E-state index contributed by atoms with van der Waals surface area (Å²) in [7, 11) is 0. The zero-order valence-corrected chi connectivity index (χ0v) is 16.3. The van der Waals surface area contributed by atoms with Crippen LogP contribution in [0.5, 0.6) is 5.88 Å². The van der Waals surface area contributed by atoms with Crippen LogP contribution in [0, 0.1) is 0 Å². The smallest absolute Gasteiger partial charge is 0.213 e. The third-order valence-corrected chi connectivity index (χ3v) is 4.30. The van der Waals surface area contributed by atoms with Gasteiger partial charge in [0, 0.05) is 38.2 Å². The zero-order chi connectivity index (χ0) is 19.1. The van der Waals surface area contributed by atoms with Crippen LogP contribution >= 0.6 is 0 Å². The summed E-state index contributed by atoms with van der Waals surface area (Å²) in [5.74, 6) is 2.27. The van der Waals surface area contributed by atoms with E-state index in [1.165, 1.54) is 0 Å². The number of likely N-dealkylation sites (N-methyl/N-ethyl adjacent to an activating group) is 1. The molecule has 0 spiro atoms. The Morgan fingerprint density at radius 1 is 1.07 bits per heavy atom. The average molecular weight is 369 g/mol. The molecular formula is C20H27N5O2. The maximum absolute atomic E-state index is 5.53. The standard InChI is InChI=1S/C20H27N5O2/c1-4-24-14-17-20(25(5-2)15-24)23-18(22-17)9-7-16-8-10-19(21-13-16)27-12-11-26-6-3/h7-10,13-14H,4-6,11-12,15H2,1-3H3. The van der Waals surface area contributed by atoms with Crippen molar-refractivity contribution in [2.24, 2.45) is 9.98 Å². The molecule has 2 aliphatic rings. The van der Waals surface area contributed by atoms with Crippen LogP contribution in [-0.2, 0) is 4.74 Å². The van der Waals surface area contributed by atoms with Crippen molar-refractivity contribution in [2.75, 3.05) is 39.6 Å². The third kappa shape index (κ3) is 4.95. The molecule has 1 aromatic heterocycles. The van der Waals surface area contributed by atoms with Crippen LogP contribution in [-0.4, -0.2) is 66.0 Å². The van der Waals surface area contributed by atoms with Crippen LogP contribution in [0.25, 0.3) is 6.08 Å². The predicted octanol–water partition coefficient (Wildman–Crippen LogP) is 2.78. The molecule has 27 heavy (non-hydrogen) atoms. The monoisotopic (exact) mass is 369 g/mol. The van der Waals surface area contributed by atoms with Gasteiger partial charge in [-0.05, 0) is 44.6 Å². The maximum Gasteiger partial charge on any atom is 0.213 e. The van der Waals surface area contributed by atoms with E-state index < -0.39 is 0 Å². The van der Waals surface area contributed by atoms with Gasteiger partial charge in [-0.1, -0.05) is 0 Å². The molecule has 0 aliphatic carbocycles. The first-order valence-corrected chi connectivity index (χ1v) is 9.46. The van der Waals surface area contributed by atoms with E-state index >= 15 is 0 Å². The zero-order valence-electron chi connectivity index (χ0n) is 16.3. The second kappa shape index (κ2) is 9.32. The first-order valence-electron chi connectivity index (χ1n) is 9.46. The summed E-state index contributed by atoms with van der Waals surface area (Å²) >= 11 is 0. The lowest BCUT2D eigenvalue weighted by Crippen LogP contribution is -2.43. The molecule has 2 aliphatic heterocycles. The van der Waals surface area contributed by atoms with E-state index in [1.54, 1.807) is 6.20 Å². The van der Waals surface area contributed by atoms with Crippen molar-refractivity contribution in [3.8, 4) is 5.88 Å². The summed E-state index contributed by atoms with van der Waals surface area (Å²) in [6.45, 7) is 10.7. The van der Waals surface area contributed by atoms with Gasteiger partial charge in [0.2, 0.25) is 5.88 Å². The fraction of sp³-hybridized carbons (Fsp3) is 0.450. The second-order valence-corrected chi connectivity index (χ2v) is 6.13. The van der Waals surface area contributed by atoms with Crippen molar-refractivity contribution in [2.45, 2.75) is 20.8 Å². The quantitative estimate of drug-likeness (QED) is 0.627. The molecule has 0 aromatic carbocycles. The van der Waals surface area contributed by atoms with Crippen molar-refractivity contribution in [1.29, 1.82) is 0 Å². The molecule has 0 bridgehead atoms. The molecule has 7 nitrogen and oxygen atoms in total. The largest absolute Gasteiger partial charge is 0.475 e. The molecule has 0 N–H and O–H groups in total. The summed E-state index contributed by atoms with van der Waals surface area (Å²) in [5, 5.41) is 0. The molecular weight excluding hydrogens is 342 g/mol. The topological polar surface area (TPSA) is 62.6 Å². The number of ether oxygens (including phenoxy) is 2. The van der Waals surface area contributed by atoms with Gasteiger partial charge in [0.25, 0.3) is 0 Å². The molecule has 3 rings (SSSR count). The van der Waals surface area contributed by atoms with Gasteiger partial charge in [-0.3, -0.25) is 0 Å². The van der Waals surface area contributed by atoms with Gasteiger partial charge in [-0.15, -0.1) is 0 Å². The molecule has 0 saturated carbocycles. The number of pyridine rings is 1. The Morgan fingerprint density at radius 3 is 2.67 bits per heavy atom. The van der Waals surface area contributed by atoms with Gasteiger partial charge < -0.3 is 19.3 Å². The number of hydrogen-bond acceptors (Lipinski definition) is 7. The fourth-order valence-corrected chi connectivity index (χ4v) is 2.80. The first-order chi connectivity index (χ1) is 13.2. The molecule has 0 unspecified atom stereocenters. The van der Waals surface area contributed by atoms with Crippen molar-refractivity contribution < 1.29 is 9.47 Å². The van der Waals surface area contributed by atoms with Crippen LogP contribution in [0.3, 0.4) is 0 Å². The molecule has 7 heteroatoms. The van der Waals surface area contributed by atoms with Crippen molar-refractivity contribution in [3.05, 3.63) is 41.9 Å². The molecule has 0 saturated heterocycles. The Kier molecular flexibility index (Phi) is 6.59. The normalized spacial score (nSPS) is 16.3. The van der Waals surface area contributed by atoms with Crippen LogP contribution < -0.4 is 4.74 Å². The van der Waals surface area contributed by atoms with E-state index in [9.17, 15) is 0 Å². The van der Waals surface area contributed by atoms with Gasteiger partial charge in [-0.2, -0.15) is 0 Å². The van der Waals surface area contributed by atoms with Crippen LogP contribution in [0.15, 0.2) is 46.3 Å². The summed E-state index contributed by atoms with van der Waals surface area (Å²) in [4.78, 5) is 18.1. The number of aliphatic imine (C=N–C) groups is 2. The lowest BCUT2D eigenvalue weighted by atomic mass is 10.2. The minimum atomic E-state index is 0.502. The van der Waals surface area contributed by atoms with Gasteiger partial charge in [-0.25, -0.2) is 15.0 Å². The molecule has 3 heterocycles. The Morgan fingerprint density at radius 2 is 1.96 bits per heavy atom. The Bertz CT molecular complexity index is 752. The van der Waals surface area contributed by atoms with E-state index in [1.807, 2.05) is 31.2 Å². The lowest BCUT2D eigenvalue weighted by molar-refractivity contribution is 0.108. The van der Waals surface area contributed by atoms with Crippen LogP contribution in [0.4, 0.5) is 0 Å².